The maximum absolute atomic E-state index is 11.0. The molecule has 0 fully saturated rings. The molecule has 3 atom stereocenters. The van der Waals surface area contributed by atoms with Gasteiger partial charge in [-0.05, 0) is 0 Å². The molecule has 0 saturated heterocycles. The summed E-state index contributed by atoms with van der Waals surface area (Å²) in [6.45, 7) is -1.93. The van der Waals surface area contributed by atoms with E-state index < -0.39 is 45.1 Å². The number of carbonyl (C=O) groups excluding carboxylic acids is 1. The molecule has 96 valence electrons. The fraction of sp³-hybridized carbons (Fsp3) is 0.833. The van der Waals surface area contributed by atoms with Gasteiger partial charge in [0.15, 0.2) is 5.78 Å². The maximum atomic E-state index is 11.0. The summed E-state index contributed by atoms with van der Waals surface area (Å²) in [5.41, 5.74) is 0. The normalized spacial score (nSPS) is 17.9. The van der Waals surface area contributed by atoms with E-state index in [1.807, 2.05) is 0 Å². The van der Waals surface area contributed by atoms with Crippen molar-refractivity contribution in [1.82, 2.24) is 0 Å². The van der Waals surface area contributed by atoms with Crippen LogP contribution in [0.4, 0.5) is 0 Å². The highest BCUT2D eigenvalue weighted by atomic mass is 31.2. The number of carbonyl (C=O) groups is 1. The minimum absolute atomic E-state index is 0.942. The van der Waals surface area contributed by atoms with E-state index >= 15 is 0 Å². The van der Waals surface area contributed by atoms with Crippen molar-refractivity contribution in [3.05, 3.63) is 0 Å². The standard InChI is InChI=1S/C6H13O9P/c7-1-3(8)5(10)6(11)4(9)2-15-16(12,13)14/h3-4,6-9,11H,1-2H2,(H2,12,13,14)/t3-,4-,6-/m1/s1. The first-order valence-electron chi connectivity index (χ1n) is 4.08. The van der Waals surface area contributed by atoms with Gasteiger partial charge in [-0.1, -0.05) is 0 Å². The van der Waals surface area contributed by atoms with E-state index in [-0.39, 0.29) is 0 Å². The number of Topliss-reactive ketones (excluding diaryl/α,β-unsaturated/α-hetero) is 1. The van der Waals surface area contributed by atoms with Gasteiger partial charge in [-0.2, -0.15) is 0 Å². The number of hydrogen-bond donors (Lipinski definition) is 6. The Morgan fingerprint density at radius 3 is 2.12 bits per heavy atom. The Hall–Kier alpha value is -0.380. The molecule has 0 aromatic carbocycles. The Morgan fingerprint density at radius 1 is 1.25 bits per heavy atom. The Morgan fingerprint density at radius 2 is 1.75 bits per heavy atom. The third-order valence-electron chi connectivity index (χ3n) is 1.57. The lowest BCUT2D eigenvalue weighted by Crippen LogP contribution is -2.43. The molecule has 0 saturated carbocycles. The zero-order chi connectivity index (χ0) is 12.9. The fourth-order valence-electron chi connectivity index (χ4n) is 0.741. The van der Waals surface area contributed by atoms with E-state index in [0.29, 0.717) is 0 Å². The van der Waals surface area contributed by atoms with Crippen LogP contribution in [0.1, 0.15) is 0 Å². The van der Waals surface area contributed by atoms with Crippen molar-refractivity contribution in [2.45, 2.75) is 18.3 Å². The van der Waals surface area contributed by atoms with E-state index in [1.54, 1.807) is 0 Å². The van der Waals surface area contributed by atoms with Crippen molar-refractivity contribution in [1.29, 1.82) is 0 Å². The summed E-state index contributed by atoms with van der Waals surface area (Å²) in [5.74, 6) is -1.27. The van der Waals surface area contributed by atoms with Crippen LogP contribution in [0.25, 0.3) is 0 Å². The molecule has 0 aromatic rings. The van der Waals surface area contributed by atoms with Crippen molar-refractivity contribution in [3.63, 3.8) is 0 Å². The smallest absolute Gasteiger partial charge is 0.393 e. The predicted octanol–water partition coefficient (Wildman–Crippen LogP) is -3.26. The second-order valence-electron chi connectivity index (χ2n) is 2.90. The predicted molar refractivity (Wildman–Crippen MR) is 48.1 cm³/mol. The van der Waals surface area contributed by atoms with Crippen LogP contribution in [0.3, 0.4) is 0 Å². The van der Waals surface area contributed by atoms with Crippen molar-refractivity contribution in [2.75, 3.05) is 13.2 Å². The molecule has 0 aliphatic rings. The average Bonchev–Trinajstić information content (AvgIpc) is 2.21. The third-order valence-corrected chi connectivity index (χ3v) is 2.06. The third kappa shape index (κ3) is 5.64. The first-order chi connectivity index (χ1) is 7.19. The number of ketones is 1. The maximum Gasteiger partial charge on any atom is 0.469 e. The van der Waals surface area contributed by atoms with Crippen LogP contribution in [0.5, 0.6) is 0 Å². The average molecular weight is 260 g/mol. The molecule has 0 aliphatic heterocycles. The van der Waals surface area contributed by atoms with Crippen LogP contribution in [0.15, 0.2) is 0 Å². The molecular formula is C6H13O9P. The van der Waals surface area contributed by atoms with Crippen molar-refractivity contribution in [3.8, 4) is 0 Å². The molecule has 0 bridgehead atoms. The van der Waals surface area contributed by atoms with E-state index in [1.165, 1.54) is 0 Å². The topological polar surface area (TPSA) is 165 Å². The van der Waals surface area contributed by atoms with Crippen LogP contribution in [-0.4, -0.2) is 67.5 Å². The number of phosphoric ester groups is 1. The number of aliphatic hydroxyl groups is 4. The highest BCUT2D eigenvalue weighted by Gasteiger charge is 2.30. The molecule has 0 radical (unpaired) electrons. The van der Waals surface area contributed by atoms with Gasteiger partial charge in [0.1, 0.15) is 18.3 Å². The number of aliphatic hydroxyl groups excluding tert-OH is 4. The van der Waals surface area contributed by atoms with Gasteiger partial charge in [0.25, 0.3) is 0 Å². The Labute approximate surface area is 90.2 Å². The lowest BCUT2D eigenvalue weighted by atomic mass is 10.1. The first kappa shape index (κ1) is 15.6. The minimum Gasteiger partial charge on any atom is -0.393 e. The van der Waals surface area contributed by atoms with E-state index in [4.69, 9.17) is 30.2 Å². The summed E-state index contributed by atoms with van der Waals surface area (Å²) in [5, 5.41) is 35.3. The lowest BCUT2D eigenvalue weighted by molar-refractivity contribution is -0.144. The quantitative estimate of drug-likeness (QED) is 0.258. The summed E-state index contributed by atoms with van der Waals surface area (Å²) in [7, 11) is -4.81. The van der Waals surface area contributed by atoms with Crippen molar-refractivity contribution >= 4 is 13.6 Å². The molecule has 0 aromatic heterocycles. The van der Waals surface area contributed by atoms with Gasteiger partial charge in [-0.3, -0.25) is 9.32 Å². The molecule has 0 aliphatic carbocycles. The van der Waals surface area contributed by atoms with Gasteiger partial charge in [-0.15, -0.1) is 0 Å². The first-order valence-corrected chi connectivity index (χ1v) is 5.61. The Kier molecular flexibility index (Phi) is 6.23. The van der Waals surface area contributed by atoms with Gasteiger partial charge >= 0.3 is 7.82 Å². The summed E-state index contributed by atoms with van der Waals surface area (Å²) >= 11 is 0. The van der Waals surface area contributed by atoms with Crippen molar-refractivity contribution in [2.24, 2.45) is 0 Å². The molecule has 0 amide bonds. The summed E-state index contributed by atoms with van der Waals surface area (Å²) in [6.07, 6.45) is -5.89. The highest BCUT2D eigenvalue weighted by Crippen LogP contribution is 2.35. The Balaban J connectivity index is 4.23. The lowest BCUT2D eigenvalue weighted by Gasteiger charge is -2.18. The van der Waals surface area contributed by atoms with Gasteiger partial charge in [0.2, 0.25) is 0 Å². The Bertz CT molecular complexity index is 273. The van der Waals surface area contributed by atoms with Gasteiger partial charge in [-0.25, -0.2) is 4.57 Å². The van der Waals surface area contributed by atoms with E-state index in [9.17, 15) is 9.36 Å². The highest BCUT2D eigenvalue weighted by molar-refractivity contribution is 7.46. The van der Waals surface area contributed by atoms with Crippen LogP contribution < -0.4 is 0 Å². The van der Waals surface area contributed by atoms with Gasteiger partial charge in [0, 0.05) is 0 Å². The van der Waals surface area contributed by atoms with Crippen LogP contribution in [-0.2, 0) is 13.9 Å². The molecular weight excluding hydrogens is 247 g/mol. The summed E-state index contributed by atoms with van der Waals surface area (Å²) < 4.78 is 14.1. The van der Waals surface area contributed by atoms with Crippen LogP contribution in [0, 0.1) is 0 Å². The van der Waals surface area contributed by atoms with Gasteiger partial charge in [0.05, 0.1) is 13.2 Å². The largest absolute Gasteiger partial charge is 0.469 e. The van der Waals surface area contributed by atoms with Crippen LogP contribution >= 0.6 is 7.82 Å². The molecule has 10 heteroatoms. The van der Waals surface area contributed by atoms with Gasteiger partial charge < -0.3 is 30.2 Å². The second-order valence-corrected chi connectivity index (χ2v) is 4.14. The number of hydrogen-bond acceptors (Lipinski definition) is 7. The molecule has 16 heavy (non-hydrogen) atoms. The zero-order valence-corrected chi connectivity index (χ0v) is 8.90. The number of phosphoric acid groups is 1. The summed E-state index contributed by atoms with van der Waals surface area (Å²) in [6, 6.07) is 0. The van der Waals surface area contributed by atoms with E-state index in [0.717, 1.165) is 0 Å². The molecule has 9 nitrogen and oxygen atoms in total. The zero-order valence-electron chi connectivity index (χ0n) is 8.00. The fourth-order valence-corrected chi connectivity index (χ4v) is 1.09. The van der Waals surface area contributed by atoms with E-state index in [2.05, 4.69) is 4.52 Å². The molecule has 0 heterocycles. The van der Waals surface area contributed by atoms with Crippen molar-refractivity contribution < 1.29 is 44.1 Å². The summed E-state index contributed by atoms with van der Waals surface area (Å²) in [4.78, 5) is 27.5. The molecule has 0 rings (SSSR count). The molecule has 0 spiro atoms. The monoisotopic (exact) mass is 260 g/mol. The second kappa shape index (κ2) is 6.38. The SMILES string of the molecule is O=C([C@H](O)CO)[C@H](O)[C@H](O)COP(=O)(O)O. The molecule has 0 unspecified atom stereocenters. The molecule has 6 N–H and O–H groups in total. The number of rotatable bonds is 7. The minimum atomic E-state index is -4.81. The van der Waals surface area contributed by atoms with Crippen LogP contribution in [0.2, 0.25) is 0 Å².